The van der Waals surface area contributed by atoms with Crippen molar-refractivity contribution >= 4 is 5.69 Å². The number of hydrogen-bond donors (Lipinski definition) is 0. The third kappa shape index (κ3) is 2.99. The van der Waals surface area contributed by atoms with E-state index in [9.17, 15) is 10.1 Å². The molecular weight excluding hydrogens is 242 g/mol. The lowest BCUT2D eigenvalue weighted by Crippen LogP contribution is -2.02. The number of unbranched alkanes of at least 4 members (excludes halogenated alkanes) is 1. The van der Waals surface area contributed by atoms with Crippen LogP contribution in [0, 0.1) is 17.0 Å². The number of benzene rings is 1. The molecular formula is C14H17N3O2. The molecule has 0 saturated carbocycles. The first-order valence-corrected chi connectivity index (χ1v) is 6.42. The van der Waals surface area contributed by atoms with Crippen LogP contribution in [0.5, 0.6) is 0 Å². The fourth-order valence-corrected chi connectivity index (χ4v) is 2.03. The van der Waals surface area contributed by atoms with E-state index in [-0.39, 0.29) is 5.69 Å². The molecule has 0 spiro atoms. The molecule has 2 aromatic rings. The minimum absolute atomic E-state index is 0.0998. The van der Waals surface area contributed by atoms with Crippen molar-refractivity contribution in [3.8, 4) is 5.69 Å². The minimum atomic E-state index is -0.393. The molecule has 0 bridgehead atoms. The van der Waals surface area contributed by atoms with Crippen LogP contribution < -0.4 is 0 Å². The highest BCUT2D eigenvalue weighted by Gasteiger charge is 2.09. The summed E-state index contributed by atoms with van der Waals surface area (Å²) in [7, 11) is 0. The third-order valence-electron chi connectivity index (χ3n) is 3.00. The second-order valence-corrected chi connectivity index (χ2v) is 4.57. The molecule has 1 aromatic heterocycles. The lowest BCUT2D eigenvalue weighted by atomic mass is 10.2. The maximum Gasteiger partial charge on any atom is 0.269 e. The Morgan fingerprint density at radius 1 is 1.32 bits per heavy atom. The van der Waals surface area contributed by atoms with Crippen molar-refractivity contribution in [3.05, 3.63) is 51.8 Å². The second kappa shape index (κ2) is 5.65. The Labute approximate surface area is 112 Å². The standard InChI is InChI=1S/C14H17N3O2/c1-3-4-5-14-10-11(2)15-16(14)12-6-8-13(9-7-12)17(18)19/h6-10H,3-5H2,1-2H3. The lowest BCUT2D eigenvalue weighted by Gasteiger charge is -2.06. The summed E-state index contributed by atoms with van der Waals surface area (Å²) in [5.41, 5.74) is 3.07. The SMILES string of the molecule is CCCCc1cc(C)nn1-c1ccc([N+](=O)[O-])cc1. The van der Waals surface area contributed by atoms with Crippen LogP contribution in [0.25, 0.3) is 5.69 Å². The van der Waals surface area contributed by atoms with E-state index in [0.717, 1.165) is 36.3 Å². The van der Waals surface area contributed by atoms with Gasteiger partial charge in [-0.3, -0.25) is 10.1 Å². The summed E-state index contributed by atoms with van der Waals surface area (Å²) in [6.07, 6.45) is 3.21. The molecule has 0 atom stereocenters. The monoisotopic (exact) mass is 259 g/mol. The Kier molecular flexibility index (Phi) is 3.94. The maximum absolute atomic E-state index is 10.6. The molecule has 1 heterocycles. The molecule has 0 aliphatic carbocycles. The van der Waals surface area contributed by atoms with Gasteiger partial charge in [0.2, 0.25) is 0 Å². The highest BCUT2D eigenvalue weighted by molar-refractivity contribution is 5.41. The van der Waals surface area contributed by atoms with E-state index in [1.165, 1.54) is 12.1 Å². The number of rotatable bonds is 5. The summed E-state index contributed by atoms with van der Waals surface area (Å²) < 4.78 is 1.87. The predicted molar refractivity (Wildman–Crippen MR) is 73.6 cm³/mol. The van der Waals surface area contributed by atoms with E-state index in [4.69, 9.17) is 0 Å². The number of non-ortho nitro benzene ring substituents is 1. The van der Waals surface area contributed by atoms with Crippen LogP contribution in [0.2, 0.25) is 0 Å². The Morgan fingerprint density at radius 3 is 2.58 bits per heavy atom. The predicted octanol–water partition coefficient (Wildman–Crippen LogP) is 3.43. The molecule has 0 amide bonds. The van der Waals surface area contributed by atoms with Gasteiger partial charge in [-0.1, -0.05) is 13.3 Å². The average molecular weight is 259 g/mol. The Bertz CT molecular complexity index is 573. The summed E-state index contributed by atoms with van der Waals surface area (Å²) in [6.45, 7) is 4.11. The van der Waals surface area contributed by atoms with Crippen LogP contribution in [0.1, 0.15) is 31.2 Å². The van der Waals surface area contributed by atoms with Gasteiger partial charge in [0.1, 0.15) is 0 Å². The Hall–Kier alpha value is -2.17. The normalized spacial score (nSPS) is 10.6. The number of nitrogens with zero attached hydrogens (tertiary/aromatic N) is 3. The van der Waals surface area contributed by atoms with E-state index in [0.29, 0.717) is 0 Å². The molecule has 0 aliphatic rings. The average Bonchev–Trinajstić information content (AvgIpc) is 2.77. The zero-order valence-corrected chi connectivity index (χ0v) is 11.2. The second-order valence-electron chi connectivity index (χ2n) is 4.57. The quantitative estimate of drug-likeness (QED) is 0.610. The Balaban J connectivity index is 2.32. The van der Waals surface area contributed by atoms with E-state index >= 15 is 0 Å². The molecule has 19 heavy (non-hydrogen) atoms. The van der Waals surface area contributed by atoms with Crippen molar-refractivity contribution in [2.45, 2.75) is 33.1 Å². The van der Waals surface area contributed by atoms with Crippen molar-refractivity contribution < 1.29 is 4.92 Å². The van der Waals surface area contributed by atoms with Gasteiger partial charge in [-0.2, -0.15) is 5.10 Å². The van der Waals surface area contributed by atoms with Gasteiger partial charge >= 0.3 is 0 Å². The van der Waals surface area contributed by atoms with Gasteiger partial charge in [0.05, 0.1) is 16.3 Å². The number of aromatic nitrogens is 2. The molecule has 0 fully saturated rings. The zero-order valence-electron chi connectivity index (χ0n) is 11.2. The summed E-state index contributed by atoms with van der Waals surface area (Å²) in [5, 5.41) is 15.1. The maximum atomic E-state index is 10.6. The number of nitro groups is 1. The van der Waals surface area contributed by atoms with Gasteiger partial charge < -0.3 is 0 Å². The van der Waals surface area contributed by atoms with Gasteiger partial charge in [0, 0.05) is 17.8 Å². The van der Waals surface area contributed by atoms with Crippen molar-refractivity contribution in [1.82, 2.24) is 9.78 Å². The van der Waals surface area contributed by atoms with E-state index in [1.807, 2.05) is 11.6 Å². The molecule has 0 radical (unpaired) electrons. The van der Waals surface area contributed by atoms with Gasteiger partial charge in [-0.15, -0.1) is 0 Å². The fourth-order valence-electron chi connectivity index (χ4n) is 2.03. The fraction of sp³-hybridized carbons (Fsp3) is 0.357. The van der Waals surface area contributed by atoms with Crippen molar-refractivity contribution in [2.24, 2.45) is 0 Å². The van der Waals surface area contributed by atoms with E-state index in [2.05, 4.69) is 18.1 Å². The number of nitro benzene ring substituents is 1. The summed E-state index contributed by atoms with van der Waals surface area (Å²) in [5.74, 6) is 0. The van der Waals surface area contributed by atoms with E-state index in [1.54, 1.807) is 12.1 Å². The van der Waals surface area contributed by atoms with Crippen LogP contribution in [-0.2, 0) is 6.42 Å². The van der Waals surface area contributed by atoms with Crippen LogP contribution >= 0.6 is 0 Å². The number of aryl methyl sites for hydroxylation is 2. The first kappa shape index (κ1) is 13.3. The summed E-state index contributed by atoms with van der Waals surface area (Å²) >= 11 is 0. The Morgan fingerprint density at radius 2 is 2.00 bits per heavy atom. The van der Waals surface area contributed by atoms with Gasteiger partial charge in [-0.05, 0) is 38.0 Å². The molecule has 0 unspecified atom stereocenters. The first-order valence-electron chi connectivity index (χ1n) is 6.42. The highest BCUT2D eigenvalue weighted by Crippen LogP contribution is 2.18. The smallest absolute Gasteiger partial charge is 0.258 e. The zero-order chi connectivity index (χ0) is 13.8. The highest BCUT2D eigenvalue weighted by atomic mass is 16.6. The van der Waals surface area contributed by atoms with Gasteiger partial charge in [0.15, 0.2) is 0 Å². The number of hydrogen-bond acceptors (Lipinski definition) is 3. The summed E-state index contributed by atoms with van der Waals surface area (Å²) in [4.78, 5) is 10.3. The van der Waals surface area contributed by atoms with Gasteiger partial charge in [0.25, 0.3) is 5.69 Å². The van der Waals surface area contributed by atoms with Crippen LogP contribution in [0.3, 0.4) is 0 Å². The molecule has 0 saturated heterocycles. The van der Waals surface area contributed by atoms with Crippen molar-refractivity contribution in [1.29, 1.82) is 0 Å². The van der Waals surface area contributed by atoms with Crippen LogP contribution in [0.15, 0.2) is 30.3 Å². The first-order chi connectivity index (χ1) is 9.11. The van der Waals surface area contributed by atoms with Crippen LogP contribution in [-0.4, -0.2) is 14.7 Å². The van der Waals surface area contributed by atoms with E-state index < -0.39 is 4.92 Å². The van der Waals surface area contributed by atoms with Crippen LogP contribution in [0.4, 0.5) is 5.69 Å². The van der Waals surface area contributed by atoms with Gasteiger partial charge in [-0.25, -0.2) is 4.68 Å². The molecule has 1 aromatic carbocycles. The molecule has 5 heteroatoms. The molecule has 0 N–H and O–H groups in total. The largest absolute Gasteiger partial charge is 0.269 e. The molecule has 5 nitrogen and oxygen atoms in total. The lowest BCUT2D eigenvalue weighted by molar-refractivity contribution is -0.384. The van der Waals surface area contributed by atoms with Crippen molar-refractivity contribution in [3.63, 3.8) is 0 Å². The molecule has 100 valence electrons. The third-order valence-corrected chi connectivity index (χ3v) is 3.00. The summed E-state index contributed by atoms with van der Waals surface area (Å²) in [6, 6.07) is 8.56. The molecule has 2 rings (SSSR count). The van der Waals surface area contributed by atoms with Crippen molar-refractivity contribution in [2.75, 3.05) is 0 Å². The molecule has 0 aliphatic heterocycles. The minimum Gasteiger partial charge on any atom is -0.258 e. The topological polar surface area (TPSA) is 61.0 Å².